The van der Waals surface area contributed by atoms with Crippen molar-refractivity contribution in [1.82, 2.24) is 10.2 Å². The largest absolute Gasteiger partial charge is 0.372 e. The van der Waals surface area contributed by atoms with E-state index in [1.807, 2.05) is 31.3 Å². The molecular weight excluding hydrogens is 210 g/mol. The second-order valence-corrected chi connectivity index (χ2v) is 3.74. The summed E-state index contributed by atoms with van der Waals surface area (Å²) in [6.07, 6.45) is 1.77. The lowest BCUT2D eigenvalue weighted by Crippen LogP contribution is -2.20. The fourth-order valence-corrected chi connectivity index (χ4v) is 1.80. The third kappa shape index (κ3) is 2.02. The molecular formula is C11H12ClN3. The highest BCUT2D eigenvalue weighted by Gasteiger charge is 2.05. The van der Waals surface area contributed by atoms with E-state index in [1.54, 1.807) is 6.20 Å². The van der Waals surface area contributed by atoms with Gasteiger partial charge in [0.1, 0.15) is 0 Å². The van der Waals surface area contributed by atoms with Crippen molar-refractivity contribution in [2.75, 3.05) is 24.4 Å². The van der Waals surface area contributed by atoms with Gasteiger partial charge in [-0.1, -0.05) is 18.2 Å². The van der Waals surface area contributed by atoms with Crippen molar-refractivity contribution in [3.63, 3.8) is 0 Å². The van der Waals surface area contributed by atoms with Crippen molar-refractivity contribution >= 4 is 28.2 Å². The number of rotatable bonds is 3. The molecule has 4 heteroatoms. The van der Waals surface area contributed by atoms with E-state index in [9.17, 15) is 0 Å². The number of hydrogen-bond donors (Lipinski definition) is 0. The van der Waals surface area contributed by atoms with Gasteiger partial charge in [-0.25, -0.2) is 0 Å². The fourth-order valence-electron chi connectivity index (χ4n) is 1.54. The minimum absolute atomic E-state index is 0.604. The van der Waals surface area contributed by atoms with Crippen molar-refractivity contribution in [3.8, 4) is 0 Å². The Labute approximate surface area is 93.7 Å². The molecule has 0 saturated heterocycles. The third-order valence-electron chi connectivity index (χ3n) is 2.36. The highest BCUT2D eigenvalue weighted by atomic mass is 35.5. The predicted molar refractivity (Wildman–Crippen MR) is 63.5 cm³/mol. The Morgan fingerprint density at radius 3 is 2.93 bits per heavy atom. The van der Waals surface area contributed by atoms with Crippen LogP contribution in [0.1, 0.15) is 0 Å². The van der Waals surface area contributed by atoms with Crippen LogP contribution in [-0.2, 0) is 0 Å². The molecule has 15 heavy (non-hydrogen) atoms. The van der Waals surface area contributed by atoms with E-state index in [0.29, 0.717) is 5.88 Å². The van der Waals surface area contributed by atoms with Crippen molar-refractivity contribution < 1.29 is 0 Å². The molecule has 0 fully saturated rings. The van der Waals surface area contributed by atoms with Gasteiger partial charge < -0.3 is 4.90 Å². The Morgan fingerprint density at radius 2 is 2.13 bits per heavy atom. The molecule has 78 valence electrons. The summed E-state index contributed by atoms with van der Waals surface area (Å²) in [7, 11) is 2.01. The summed E-state index contributed by atoms with van der Waals surface area (Å²) in [5.41, 5.74) is 1.98. The van der Waals surface area contributed by atoms with E-state index in [4.69, 9.17) is 11.6 Å². The van der Waals surface area contributed by atoms with Crippen LogP contribution in [0, 0.1) is 0 Å². The topological polar surface area (TPSA) is 29.0 Å². The van der Waals surface area contributed by atoms with Crippen LogP contribution in [0.25, 0.3) is 10.9 Å². The van der Waals surface area contributed by atoms with E-state index in [2.05, 4.69) is 15.1 Å². The molecule has 1 aromatic carbocycles. The van der Waals surface area contributed by atoms with Gasteiger partial charge in [0.05, 0.1) is 17.4 Å². The molecule has 0 aliphatic rings. The summed E-state index contributed by atoms with van der Waals surface area (Å²) in [5, 5.41) is 9.17. The third-order valence-corrected chi connectivity index (χ3v) is 2.53. The first-order valence-corrected chi connectivity index (χ1v) is 5.34. The van der Waals surface area contributed by atoms with Gasteiger partial charge in [-0.3, -0.25) is 0 Å². The summed E-state index contributed by atoms with van der Waals surface area (Å²) < 4.78 is 0. The van der Waals surface area contributed by atoms with Gasteiger partial charge in [0, 0.05) is 24.9 Å². The molecule has 3 nitrogen and oxygen atoms in total. The van der Waals surface area contributed by atoms with Crippen molar-refractivity contribution in [3.05, 3.63) is 30.5 Å². The maximum Gasteiger partial charge on any atom is 0.0950 e. The molecule has 2 rings (SSSR count). The lowest BCUT2D eigenvalue weighted by atomic mass is 10.2. The Bertz CT molecular complexity index is 453. The van der Waals surface area contributed by atoms with E-state index in [0.717, 1.165) is 23.1 Å². The molecule has 0 radical (unpaired) electrons. The zero-order valence-corrected chi connectivity index (χ0v) is 9.28. The summed E-state index contributed by atoms with van der Waals surface area (Å²) in [4.78, 5) is 2.09. The molecule has 1 heterocycles. The van der Waals surface area contributed by atoms with E-state index in [1.165, 1.54) is 0 Å². The SMILES string of the molecule is CN(CCCl)c1cnnc2ccccc12. The van der Waals surface area contributed by atoms with E-state index < -0.39 is 0 Å². The molecule has 0 spiro atoms. The van der Waals surface area contributed by atoms with Crippen LogP contribution in [0.5, 0.6) is 0 Å². The minimum Gasteiger partial charge on any atom is -0.372 e. The summed E-state index contributed by atoms with van der Waals surface area (Å²) >= 11 is 5.72. The van der Waals surface area contributed by atoms with Crippen LogP contribution >= 0.6 is 11.6 Å². The Balaban J connectivity index is 2.50. The van der Waals surface area contributed by atoms with Crippen molar-refractivity contribution in [2.45, 2.75) is 0 Å². The number of halogens is 1. The second kappa shape index (κ2) is 4.45. The van der Waals surface area contributed by atoms with Gasteiger partial charge in [-0.05, 0) is 6.07 Å². The maximum absolute atomic E-state index is 5.72. The summed E-state index contributed by atoms with van der Waals surface area (Å²) in [5.74, 6) is 0.604. The number of hydrogen-bond acceptors (Lipinski definition) is 3. The number of alkyl halides is 1. The minimum atomic E-state index is 0.604. The fraction of sp³-hybridized carbons (Fsp3) is 0.273. The monoisotopic (exact) mass is 221 g/mol. The molecule has 0 aliphatic carbocycles. The first-order valence-electron chi connectivity index (χ1n) is 4.80. The number of fused-ring (bicyclic) bond motifs is 1. The van der Waals surface area contributed by atoms with Crippen LogP contribution < -0.4 is 4.90 Å². The van der Waals surface area contributed by atoms with Crippen LogP contribution in [0.15, 0.2) is 30.5 Å². The normalized spacial score (nSPS) is 10.5. The highest BCUT2D eigenvalue weighted by Crippen LogP contribution is 2.22. The second-order valence-electron chi connectivity index (χ2n) is 3.36. The lowest BCUT2D eigenvalue weighted by molar-refractivity contribution is 0.959. The zero-order chi connectivity index (χ0) is 10.7. The van der Waals surface area contributed by atoms with Gasteiger partial charge in [-0.15, -0.1) is 11.6 Å². The molecule has 0 aliphatic heterocycles. The number of anilines is 1. The average molecular weight is 222 g/mol. The smallest absolute Gasteiger partial charge is 0.0950 e. The highest BCUT2D eigenvalue weighted by molar-refractivity contribution is 6.18. The quantitative estimate of drug-likeness (QED) is 0.745. The van der Waals surface area contributed by atoms with E-state index in [-0.39, 0.29) is 0 Å². The molecule has 1 aromatic heterocycles. The van der Waals surface area contributed by atoms with Gasteiger partial charge in [0.25, 0.3) is 0 Å². The standard InChI is InChI=1S/C11H12ClN3/c1-15(7-6-12)11-8-13-14-10-5-3-2-4-9(10)11/h2-5,8H,6-7H2,1H3. The molecule has 0 saturated carbocycles. The van der Waals surface area contributed by atoms with Crippen LogP contribution in [0.3, 0.4) is 0 Å². The lowest BCUT2D eigenvalue weighted by Gasteiger charge is -2.18. The molecule has 0 bridgehead atoms. The maximum atomic E-state index is 5.72. The molecule has 0 atom stereocenters. The van der Waals surface area contributed by atoms with Crippen LogP contribution in [0.2, 0.25) is 0 Å². The Morgan fingerprint density at radius 1 is 1.33 bits per heavy atom. The molecule has 0 amide bonds. The number of benzene rings is 1. The Hall–Kier alpha value is -1.35. The van der Waals surface area contributed by atoms with Crippen LogP contribution in [-0.4, -0.2) is 29.7 Å². The molecule has 2 aromatic rings. The summed E-state index contributed by atoms with van der Waals surface area (Å²) in [6, 6.07) is 7.97. The number of aromatic nitrogens is 2. The van der Waals surface area contributed by atoms with Crippen molar-refractivity contribution in [1.29, 1.82) is 0 Å². The first kappa shape index (κ1) is 10.2. The summed E-state index contributed by atoms with van der Waals surface area (Å²) in [6.45, 7) is 0.803. The van der Waals surface area contributed by atoms with Crippen LogP contribution in [0.4, 0.5) is 5.69 Å². The molecule has 0 unspecified atom stereocenters. The zero-order valence-electron chi connectivity index (χ0n) is 8.52. The van der Waals surface area contributed by atoms with E-state index >= 15 is 0 Å². The first-order chi connectivity index (χ1) is 7.33. The predicted octanol–water partition coefficient (Wildman–Crippen LogP) is 2.30. The number of nitrogens with zero attached hydrogens (tertiary/aromatic N) is 3. The average Bonchev–Trinajstić information content (AvgIpc) is 2.28. The molecule has 0 N–H and O–H groups in total. The van der Waals surface area contributed by atoms with Gasteiger partial charge in [-0.2, -0.15) is 10.2 Å². The van der Waals surface area contributed by atoms with Gasteiger partial charge in [0.2, 0.25) is 0 Å². The van der Waals surface area contributed by atoms with Gasteiger partial charge >= 0.3 is 0 Å². The van der Waals surface area contributed by atoms with Crippen molar-refractivity contribution in [2.24, 2.45) is 0 Å². The Kier molecular flexibility index (Phi) is 3.02. The van der Waals surface area contributed by atoms with Gasteiger partial charge in [0.15, 0.2) is 0 Å².